The van der Waals surface area contributed by atoms with Crippen LogP contribution in [0.4, 0.5) is 5.69 Å². The minimum Gasteiger partial charge on any atom is -0.385 e. The largest absolute Gasteiger partial charge is 0.385 e. The van der Waals surface area contributed by atoms with Gasteiger partial charge in [0.1, 0.15) is 0 Å². The summed E-state index contributed by atoms with van der Waals surface area (Å²) in [5.74, 6) is 0. The molecule has 2 heteroatoms. The average molecular weight is 306 g/mol. The fourth-order valence-electron chi connectivity index (χ4n) is 2.19. The standard InChI is InChI=1S/C16H20BrN/c1-2-3-4-7-12-18-16-11-10-15(17)13-8-5-6-9-14(13)16/h5-6,8-11,18H,2-4,7,12H2,1H3. The minimum absolute atomic E-state index is 1.06. The van der Waals surface area contributed by atoms with Gasteiger partial charge in [-0.15, -0.1) is 0 Å². The number of nitrogens with one attached hydrogen (secondary N) is 1. The number of anilines is 1. The van der Waals surface area contributed by atoms with Crippen LogP contribution in [-0.2, 0) is 0 Å². The van der Waals surface area contributed by atoms with Crippen LogP contribution in [0.5, 0.6) is 0 Å². The molecule has 0 aromatic heterocycles. The van der Waals surface area contributed by atoms with E-state index >= 15 is 0 Å². The molecule has 0 aliphatic heterocycles. The molecule has 0 aliphatic rings. The molecule has 2 aromatic carbocycles. The quantitative estimate of drug-likeness (QED) is 0.685. The lowest BCUT2D eigenvalue weighted by Gasteiger charge is -2.10. The molecular weight excluding hydrogens is 286 g/mol. The summed E-state index contributed by atoms with van der Waals surface area (Å²) in [6, 6.07) is 12.8. The Hall–Kier alpha value is -1.02. The topological polar surface area (TPSA) is 12.0 Å². The molecule has 0 fully saturated rings. The fourth-order valence-corrected chi connectivity index (χ4v) is 2.67. The number of fused-ring (bicyclic) bond motifs is 1. The molecule has 1 nitrogen and oxygen atoms in total. The first-order chi connectivity index (χ1) is 8.83. The molecule has 0 atom stereocenters. The fraction of sp³-hybridized carbons (Fsp3) is 0.375. The van der Waals surface area contributed by atoms with Crippen molar-refractivity contribution in [2.24, 2.45) is 0 Å². The molecule has 0 unspecified atom stereocenters. The number of benzene rings is 2. The van der Waals surface area contributed by atoms with E-state index in [9.17, 15) is 0 Å². The van der Waals surface area contributed by atoms with E-state index < -0.39 is 0 Å². The Balaban J connectivity index is 2.07. The SMILES string of the molecule is CCCCCCNc1ccc(Br)c2ccccc12. The molecule has 0 spiro atoms. The summed E-state index contributed by atoms with van der Waals surface area (Å²) < 4.78 is 1.16. The number of unbranched alkanes of at least 4 members (excludes halogenated alkanes) is 3. The van der Waals surface area contributed by atoms with Gasteiger partial charge < -0.3 is 5.32 Å². The molecule has 0 saturated heterocycles. The summed E-state index contributed by atoms with van der Waals surface area (Å²) in [6.45, 7) is 3.31. The predicted octanol–water partition coefficient (Wildman–Crippen LogP) is 5.59. The maximum Gasteiger partial charge on any atom is 0.0420 e. The van der Waals surface area contributed by atoms with Gasteiger partial charge in [-0.1, -0.05) is 66.4 Å². The molecule has 0 bridgehead atoms. The first kappa shape index (κ1) is 13.4. The van der Waals surface area contributed by atoms with Crippen LogP contribution in [0.3, 0.4) is 0 Å². The van der Waals surface area contributed by atoms with E-state index in [-0.39, 0.29) is 0 Å². The third-order valence-corrected chi connectivity index (χ3v) is 3.91. The van der Waals surface area contributed by atoms with Crippen LogP contribution in [0.2, 0.25) is 0 Å². The Morgan fingerprint density at radius 3 is 2.50 bits per heavy atom. The molecular formula is C16H20BrN. The third kappa shape index (κ3) is 3.26. The van der Waals surface area contributed by atoms with Gasteiger partial charge in [0.25, 0.3) is 0 Å². The van der Waals surface area contributed by atoms with E-state index in [0.29, 0.717) is 0 Å². The second-order valence-corrected chi connectivity index (χ2v) is 5.48. The lowest BCUT2D eigenvalue weighted by molar-refractivity contribution is 0.685. The molecule has 1 N–H and O–H groups in total. The van der Waals surface area contributed by atoms with Crippen molar-refractivity contribution >= 4 is 32.4 Å². The molecule has 18 heavy (non-hydrogen) atoms. The lowest BCUT2D eigenvalue weighted by atomic mass is 10.1. The zero-order chi connectivity index (χ0) is 12.8. The summed E-state index contributed by atoms with van der Waals surface area (Å²) in [4.78, 5) is 0. The molecule has 2 aromatic rings. The Labute approximate surface area is 118 Å². The van der Waals surface area contributed by atoms with Crippen LogP contribution in [0.25, 0.3) is 10.8 Å². The number of rotatable bonds is 6. The zero-order valence-electron chi connectivity index (χ0n) is 10.9. The number of halogens is 1. The van der Waals surface area contributed by atoms with Gasteiger partial charge in [0.15, 0.2) is 0 Å². The molecule has 0 saturated carbocycles. The maximum absolute atomic E-state index is 3.61. The first-order valence-corrected chi connectivity index (χ1v) is 7.53. The first-order valence-electron chi connectivity index (χ1n) is 6.74. The third-order valence-electron chi connectivity index (χ3n) is 3.22. The summed E-state index contributed by atoms with van der Waals surface area (Å²) >= 11 is 3.61. The van der Waals surface area contributed by atoms with Crippen LogP contribution < -0.4 is 5.32 Å². The van der Waals surface area contributed by atoms with Crippen molar-refractivity contribution in [2.75, 3.05) is 11.9 Å². The Morgan fingerprint density at radius 1 is 0.944 bits per heavy atom. The van der Waals surface area contributed by atoms with E-state index in [0.717, 1.165) is 11.0 Å². The Morgan fingerprint density at radius 2 is 1.72 bits per heavy atom. The number of hydrogen-bond donors (Lipinski definition) is 1. The van der Waals surface area contributed by atoms with Crippen LogP contribution in [0.1, 0.15) is 32.6 Å². The van der Waals surface area contributed by atoms with Crippen molar-refractivity contribution in [3.8, 4) is 0 Å². The summed E-state index contributed by atoms with van der Waals surface area (Å²) in [7, 11) is 0. The summed E-state index contributed by atoms with van der Waals surface area (Å²) in [5, 5.41) is 6.12. The van der Waals surface area contributed by atoms with Crippen molar-refractivity contribution in [3.63, 3.8) is 0 Å². The van der Waals surface area contributed by atoms with Gasteiger partial charge in [-0.05, 0) is 23.9 Å². The summed E-state index contributed by atoms with van der Waals surface area (Å²) in [5.41, 5.74) is 1.24. The van der Waals surface area contributed by atoms with E-state index in [1.807, 2.05) is 0 Å². The zero-order valence-corrected chi connectivity index (χ0v) is 12.5. The van der Waals surface area contributed by atoms with Gasteiger partial charge in [0.05, 0.1) is 0 Å². The monoisotopic (exact) mass is 305 g/mol. The predicted molar refractivity (Wildman–Crippen MR) is 84.3 cm³/mol. The molecule has 0 aliphatic carbocycles. The van der Waals surface area contributed by atoms with Crippen LogP contribution in [0, 0.1) is 0 Å². The van der Waals surface area contributed by atoms with Gasteiger partial charge in [-0.2, -0.15) is 0 Å². The van der Waals surface area contributed by atoms with Gasteiger partial charge in [-0.3, -0.25) is 0 Å². The van der Waals surface area contributed by atoms with Crippen LogP contribution in [0.15, 0.2) is 40.9 Å². The van der Waals surface area contributed by atoms with Crippen molar-refractivity contribution < 1.29 is 0 Å². The Kier molecular flexibility index (Phi) is 5.06. The second kappa shape index (κ2) is 6.79. The molecule has 96 valence electrons. The number of hydrogen-bond acceptors (Lipinski definition) is 1. The molecule has 0 heterocycles. The van der Waals surface area contributed by atoms with E-state index in [2.05, 4.69) is 64.6 Å². The smallest absolute Gasteiger partial charge is 0.0420 e. The van der Waals surface area contributed by atoms with Crippen molar-refractivity contribution in [2.45, 2.75) is 32.6 Å². The Bertz CT molecular complexity index is 507. The molecule has 2 rings (SSSR count). The summed E-state index contributed by atoms with van der Waals surface area (Å²) in [6.07, 6.45) is 5.19. The van der Waals surface area contributed by atoms with E-state index in [4.69, 9.17) is 0 Å². The highest BCUT2D eigenvalue weighted by Gasteiger charge is 2.02. The highest BCUT2D eigenvalue weighted by atomic mass is 79.9. The van der Waals surface area contributed by atoms with Crippen LogP contribution in [-0.4, -0.2) is 6.54 Å². The normalized spacial score (nSPS) is 10.8. The molecule has 0 amide bonds. The highest BCUT2D eigenvalue weighted by Crippen LogP contribution is 2.29. The lowest BCUT2D eigenvalue weighted by Crippen LogP contribution is -2.01. The second-order valence-electron chi connectivity index (χ2n) is 4.63. The van der Waals surface area contributed by atoms with E-state index in [1.165, 1.54) is 42.1 Å². The molecule has 0 radical (unpaired) electrons. The van der Waals surface area contributed by atoms with Crippen molar-refractivity contribution in [3.05, 3.63) is 40.9 Å². The maximum atomic E-state index is 3.61. The van der Waals surface area contributed by atoms with Crippen molar-refractivity contribution in [1.29, 1.82) is 0 Å². The van der Waals surface area contributed by atoms with Gasteiger partial charge in [0.2, 0.25) is 0 Å². The van der Waals surface area contributed by atoms with Gasteiger partial charge in [0, 0.05) is 22.1 Å². The van der Waals surface area contributed by atoms with Gasteiger partial charge >= 0.3 is 0 Å². The van der Waals surface area contributed by atoms with Gasteiger partial charge in [-0.25, -0.2) is 0 Å². The van der Waals surface area contributed by atoms with E-state index in [1.54, 1.807) is 0 Å². The van der Waals surface area contributed by atoms with Crippen LogP contribution >= 0.6 is 15.9 Å². The highest BCUT2D eigenvalue weighted by molar-refractivity contribution is 9.10. The van der Waals surface area contributed by atoms with Crippen molar-refractivity contribution in [1.82, 2.24) is 0 Å². The average Bonchev–Trinajstić information content (AvgIpc) is 2.41. The minimum atomic E-state index is 1.06.